The number of anilines is 1. The summed E-state index contributed by atoms with van der Waals surface area (Å²) in [5, 5.41) is 2.71. The van der Waals surface area contributed by atoms with Crippen molar-refractivity contribution in [1.29, 1.82) is 0 Å². The monoisotopic (exact) mass is 845 g/mol. The summed E-state index contributed by atoms with van der Waals surface area (Å²) in [5.41, 5.74) is 0.732. The zero-order chi connectivity index (χ0) is 36.6. The summed E-state index contributed by atoms with van der Waals surface area (Å²) in [6.07, 6.45) is 4.96. The van der Waals surface area contributed by atoms with E-state index in [0.717, 1.165) is 24.5 Å². The van der Waals surface area contributed by atoms with Gasteiger partial charge in [0.2, 0.25) is 5.91 Å². The molecule has 0 saturated carbocycles. The molecule has 51 heavy (non-hydrogen) atoms. The number of hydrogen-bond donors (Lipinski definition) is 1. The van der Waals surface area contributed by atoms with E-state index in [-0.39, 0.29) is 5.91 Å². The minimum absolute atomic E-state index is 0.107. The Kier molecular flexibility index (Phi) is 37.5. The van der Waals surface area contributed by atoms with Gasteiger partial charge in [-0.3, -0.25) is 4.79 Å². The van der Waals surface area contributed by atoms with Crippen molar-refractivity contribution in [2.75, 3.05) is 162 Å². The number of benzene rings is 1. The van der Waals surface area contributed by atoms with Crippen molar-refractivity contribution in [1.82, 2.24) is 0 Å². The van der Waals surface area contributed by atoms with E-state index in [2.05, 4.69) is 27.9 Å². The summed E-state index contributed by atoms with van der Waals surface area (Å²) in [6, 6.07) is 7.18. The molecule has 0 aliphatic rings. The zero-order valence-electron chi connectivity index (χ0n) is 30.8. The van der Waals surface area contributed by atoms with E-state index in [9.17, 15) is 4.79 Å². The number of halogens is 1. The maximum Gasteiger partial charge on any atom is 0.221 e. The lowest BCUT2D eigenvalue weighted by Crippen LogP contribution is -2.15. The number of carbonyl (C=O) groups excluding carboxylic acids is 1. The average molecular weight is 846 g/mol. The van der Waals surface area contributed by atoms with Crippen LogP contribution in [0.25, 0.3) is 0 Å². The standard InChI is InChI=1S/C36H64INO13/c1-34(39)38-35-6-8-36(9-7-35)51-33-32-50-31-30-49-29-28-48-27-26-47-25-24-46-23-22-45-21-20-44-19-18-43-17-16-42-15-14-41-13-12-40-11-5-3-2-4-10-37/h6-9H,2-5,10-33H2,1H3,(H,38,39). The van der Waals surface area contributed by atoms with Gasteiger partial charge in [-0.1, -0.05) is 35.4 Å². The van der Waals surface area contributed by atoms with Crippen LogP contribution in [0.15, 0.2) is 24.3 Å². The van der Waals surface area contributed by atoms with Gasteiger partial charge in [-0.2, -0.15) is 0 Å². The van der Waals surface area contributed by atoms with Crippen molar-refractivity contribution < 1.29 is 61.6 Å². The highest BCUT2D eigenvalue weighted by molar-refractivity contribution is 14.1. The molecule has 0 aliphatic heterocycles. The fourth-order valence-electron chi connectivity index (χ4n) is 4.01. The van der Waals surface area contributed by atoms with Crippen molar-refractivity contribution in [3.8, 4) is 5.75 Å². The quantitative estimate of drug-likeness (QED) is 0.0573. The molecule has 0 aromatic heterocycles. The fourth-order valence-corrected chi connectivity index (χ4v) is 4.55. The lowest BCUT2D eigenvalue weighted by atomic mass is 10.2. The third-order valence-electron chi connectivity index (χ3n) is 6.56. The number of alkyl halides is 1. The maximum absolute atomic E-state index is 11.0. The predicted octanol–water partition coefficient (Wildman–Crippen LogP) is 4.20. The molecule has 0 spiro atoms. The minimum Gasteiger partial charge on any atom is -0.491 e. The molecule has 0 radical (unpaired) electrons. The van der Waals surface area contributed by atoms with Gasteiger partial charge in [0.15, 0.2) is 0 Å². The smallest absolute Gasteiger partial charge is 0.221 e. The lowest BCUT2D eigenvalue weighted by Gasteiger charge is -2.09. The van der Waals surface area contributed by atoms with E-state index in [1.165, 1.54) is 30.6 Å². The van der Waals surface area contributed by atoms with Gasteiger partial charge in [0, 0.05) is 19.2 Å². The Bertz CT molecular complexity index is 857. The summed E-state index contributed by atoms with van der Waals surface area (Å²) in [4.78, 5) is 11.0. The van der Waals surface area contributed by atoms with Gasteiger partial charge in [0.05, 0.1) is 139 Å². The first-order valence-corrected chi connectivity index (χ1v) is 19.7. The van der Waals surface area contributed by atoms with Crippen LogP contribution in [0.2, 0.25) is 0 Å². The molecule has 0 saturated heterocycles. The van der Waals surface area contributed by atoms with E-state index in [1.807, 2.05) is 0 Å². The van der Waals surface area contributed by atoms with Crippen molar-refractivity contribution in [3.05, 3.63) is 24.3 Å². The van der Waals surface area contributed by atoms with Crippen LogP contribution < -0.4 is 10.1 Å². The first-order valence-electron chi connectivity index (χ1n) is 18.1. The predicted molar refractivity (Wildman–Crippen MR) is 203 cm³/mol. The molecule has 0 heterocycles. The van der Waals surface area contributed by atoms with Crippen molar-refractivity contribution in [2.45, 2.75) is 32.6 Å². The largest absolute Gasteiger partial charge is 0.491 e. The fraction of sp³-hybridized carbons (Fsp3) is 0.806. The second-order valence-electron chi connectivity index (χ2n) is 10.9. The molecule has 1 aromatic carbocycles. The van der Waals surface area contributed by atoms with E-state index < -0.39 is 0 Å². The Hall–Kier alpha value is -1.22. The van der Waals surface area contributed by atoms with E-state index in [4.69, 9.17) is 56.8 Å². The molecule has 298 valence electrons. The summed E-state index contributed by atoms with van der Waals surface area (Å²) < 4.78 is 67.3. The van der Waals surface area contributed by atoms with Crippen LogP contribution >= 0.6 is 22.6 Å². The van der Waals surface area contributed by atoms with Crippen LogP contribution in [0.5, 0.6) is 5.75 Å². The highest BCUT2D eigenvalue weighted by Gasteiger charge is 1.99. The van der Waals surface area contributed by atoms with Crippen LogP contribution in [0.4, 0.5) is 5.69 Å². The Balaban J connectivity index is 1.64. The zero-order valence-corrected chi connectivity index (χ0v) is 33.0. The first-order chi connectivity index (χ1) is 25.2. The summed E-state index contributed by atoms with van der Waals surface area (Å²) >= 11 is 2.42. The third-order valence-corrected chi connectivity index (χ3v) is 7.33. The number of carbonyl (C=O) groups is 1. The van der Waals surface area contributed by atoms with E-state index >= 15 is 0 Å². The van der Waals surface area contributed by atoms with Gasteiger partial charge in [0.25, 0.3) is 0 Å². The number of rotatable bonds is 41. The van der Waals surface area contributed by atoms with E-state index in [1.54, 1.807) is 24.3 Å². The van der Waals surface area contributed by atoms with Gasteiger partial charge in [0.1, 0.15) is 12.4 Å². The Morgan fingerprint density at radius 1 is 0.431 bits per heavy atom. The molecule has 1 N–H and O–H groups in total. The topological polar surface area (TPSA) is 140 Å². The third kappa shape index (κ3) is 36.9. The molecule has 1 rings (SSSR count). The highest BCUT2D eigenvalue weighted by Crippen LogP contribution is 2.15. The molecule has 0 fully saturated rings. The molecular weight excluding hydrogens is 781 g/mol. The minimum atomic E-state index is -0.107. The van der Waals surface area contributed by atoms with Crippen molar-refractivity contribution >= 4 is 34.2 Å². The van der Waals surface area contributed by atoms with Crippen LogP contribution in [0.1, 0.15) is 32.6 Å². The van der Waals surface area contributed by atoms with Gasteiger partial charge in [-0.25, -0.2) is 0 Å². The lowest BCUT2D eigenvalue weighted by molar-refractivity contribution is -0.114. The maximum atomic E-state index is 11.0. The Labute approximate surface area is 319 Å². The SMILES string of the molecule is CC(=O)Nc1ccc(OCCOCCOCCOCCOCCOCCOCCOCCOCCOCCOCCOCCCCCCI)cc1. The average Bonchev–Trinajstić information content (AvgIpc) is 3.13. The second kappa shape index (κ2) is 40.0. The summed E-state index contributed by atoms with van der Waals surface area (Å²) in [7, 11) is 0. The van der Waals surface area contributed by atoms with Gasteiger partial charge in [-0.05, 0) is 41.5 Å². The van der Waals surface area contributed by atoms with E-state index in [0.29, 0.717) is 145 Å². The van der Waals surface area contributed by atoms with Gasteiger partial charge >= 0.3 is 0 Å². The molecule has 15 heteroatoms. The molecule has 14 nitrogen and oxygen atoms in total. The van der Waals surface area contributed by atoms with Crippen LogP contribution in [-0.2, 0) is 56.9 Å². The Morgan fingerprint density at radius 2 is 0.725 bits per heavy atom. The molecule has 0 atom stereocenters. The van der Waals surface area contributed by atoms with Crippen LogP contribution in [-0.4, -0.2) is 162 Å². The number of nitrogens with one attached hydrogen (secondary N) is 1. The Morgan fingerprint density at radius 3 is 1.04 bits per heavy atom. The number of ether oxygens (including phenoxy) is 12. The summed E-state index contributed by atoms with van der Waals surface area (Å²) in [6.45, 7) is 13.6. The summed E-state index contributed by atoms with van der Waals surface area (Å²) in [5.74, 6) is 0.610. The van der Waals surface area contributed by atoms with Gasteiger partial charge < -0.3 is 62.2 Å². The van der Waals surface area contributed by atoms with Gasteiger partial charge in [-0.15, -0.1) is 0 Å². The number of hydrogen-bond acceptors (Lipinski definition) is 13. The normalized spacial score (nSPS) is 11.3. The molecular formula is C36H64INO13. The van der Waals surface area contributed by atoms with Crippen molar-refractivity contribution in [3.63, 3.8) is 0 Å². The molecule has 1 aromatic rings. The molecule has 1 amide bonds. The van der Waals surface area contributed by atoms with Crippen molar-refractivity contribution in [2.24, 2.45) is 0 Å². The first kappa shape index (κ1) is 47.8. The highest BCUT2D eigenvalue weighted by atomic mass is 127. The number of amides is 1. The molecule has 0 bridgehead atoms. The molecule has 0 unspecified atom stereocenters. The number of unbranched alkanes of at least 4 members (excludes halogenated alkanes) is 3. The second-order valence-corrected chi connectivity index (χ2v) is 12.0. The van der Waals surface area contributed by atoms with Crippen LogP contribution in [0, 0.1) is 0 Å². The van der Waals surface area contributed by atoms with Crippen LogP contribution in [0.3, 0.4) is 0 Å². The molecule has 0 aliphatic carbocycles.